The van der Waals surface area contributed by atoms with Gasteiger partial charge in [-0.2, -0.15) is 5.06 Å². The fourth-order valence-electron chi connectivity index (χ4n) is 5.03. The minimum absolute atomic E-state index is 0.0550. The fourth-order valence-corrected chi connectivity index (χ4v) is 5.03. The quantitative estimate of drug-likeness (QED) is 0.337. The van der Waals surface area contributed by atoms with Gasteiger partial charge in [0.1, 0.15) is 12.2 Å². The Hall–Kier alpha value is -2.50. The molecule has 1 heterocycles. The second-order valence-electron chi connectivity index (χ2n) is 9.77. The summed E-state index contributed by atoms with van der Waals surface area (Å²) in [5.41, 5.74) is 1.71. The zero-order valence-electron chi connectivity index (χ0n) is 20.8. The zero-order valence-corrected chi connectivity index (χ0v) is 20.8. The maximum Gasteiger partial charge on any atom is 0.338 e. The predicted molar refractivity (Wildman–Crippen MR) is 130 cm³/mol. The molecule has 5 nitrogen and oxygen atoms in total. The van der Waals surface area contributed by atoms with E-state index in [1.54, 1.807) is 19.1 Å². The van der Waals surface area contributed by atoms with Crippen LogP contribution in [-0.2, 0) is 9.57 Å². The third-order valence-electron chi connectivity index (χ3n) is 6.97. The van der Waals surface area contributed by atoms with Gasteiger partial charge in [-0.25, -0.2) is 4.79 Å². The second kappa shape index (κ2) is 10.2. The lowest BCUT2D eigenvalue weighted by atomic mass is 9.75. The number of piperidine rings is 1. The Bertz CT molecular complexity index is 948. The summed E-state index contributed by atoms with van der Waals surface area (Å²) in [5, 5.41) is 2.16. The number of rotatable bonds is 8. The third kappa shape index (κ3) is 5.53. The first-order valence-corrected chi connectivity index (χ1v) is 12.0. The number of carbonyl (C=O) groups is 2. The minimum Gasteiger partial charge on any atom is -0.459 e. The van der Waals surface area contributed by atoms with Gasteiger partial charge in [-0.05, 0) is 58.2 Å². The smallest absolute Gasteiger partial charge is 0.338 e. The molecular formula is C28H37NO4. The molecule has 0 bridgehead atoms. The van der Waals surface area contributed by atoms with Crippen molar-refractivity contribution < 1.29 is 19.2 Å². The lowest BCUT2D eigenvalue weighted by molar-refractivity contribution is -0.322. The Kier molecular flexibility index (Phi) is 7.76. The Morgan fingerprint density at radius 2 is 1.58 bits per heavy atom. The summed E-state index contributed by atoms with van der Waals surface area (Å²) in [6.07, 6.45) is 2.80. The van der Waals surface area contributed by atoms with Crippen molar-refractivity contribution in [3.63, 3.8) is 0 Å². The summed E-state index contributed by atoms with van der Waals surface area (Å²) in [4.78, 5) is 31.0. The van der Waals surface area contributed by atoms with Crippen LogP contribution in [0.2, 0.25) is 0 Å². The molecule has 0 saturated carbocycles. The van der Waals surface area contributed by atoms with Gasteiger partial charge < -0.3 is 4.74 Å². The van der Waals surface area contributed by atoms with Crippen LogP contribution in [0.15, 0.2) is 54.6 Å². The first-order chi connectivity index (χ1) is 15.6. The summed E-state index contributed by atoms with van der Waals surface area (Å²) in [5.74, 6) is -0.217. The van der Waals surface area contributed by atoms with Crippen LogP contribution < -0.4 is 0 Å². The number of ketones is 1. The van der Waals surface area contributed by atoms with E-state index in [-0.39, 0.29) is 35.0 Å². The third-order valence-corrected chi connectivity index (χ3v) is 6.97. The van der Waals surface area contributed by atoms with Gasteiger partial charge in [-0.3, -0.25) is 9.63 Å². The van der Waals surface area contributed by atoms with E-state index in [1.807, 2.05) is 49.4 Å². The predicted octanol–water partition coefficient (Wildman–Crippen LogP) is 6.54. The Labute approximate surface area is 198 Å². The molecule has 0 N–H and O–H groups in total. The summed E-state index contributed by atoms with van der Waals surface area (Å²) in [6, 6.07) is 16.8. The molecule has 178 valence electrons. The largest absolute Gasteiger partial charge is 0.459 e. The highest BCUT2D eigenvalue weighted by Crippen LogP contribution is 2.45. The van der Waals surface area contributed by atoms with Crippen LogP contribution in [0.5, 0.6) is 0 Å². The molecule has 2 aromatic carbocycles. The Morgan fingerprint density at radius 3 is 2.12 bits per heavy atom. The van der Waals surface area contributed by atoms with Crippen molar-refractivity contribution in [2.75, 3.05) is 0 Å². The van der Waals surface area contributed by atoms with Gasteiger partial charge in [-0.15, -0.1) is 0 Å². The molecule has 1 saturated heterocycles. The van der Waals surface area contributed by atoms with Crippen LogP contribution in [0.25, 0.3) is 0 Å². The summed E-state index contributed by atoms with van der Waals surface area (Å²) in [6.45, 7) is 12.3. The fraction of sp³-hybridized carbons (Fsp3) is 0.500. The molecule has 0 amide bonds. The lowest BCUT2D eigenvalue weighted by Gasteiger charge is -2.56. The van der Waals surface area contributed by atoms with Gasteiger partial charge >= 0.3 is 5.97 Å². The number of Topliss-reactive ketones (excluding diaryl/α,β-unsaturated/α-hetero) is 1. The van der Waals surface area contributed by atoms with E-state index in [4.69, 9.17) is 9.57 Å². The standard InChI is InChI=1S/C28H37NO4/c1-7-28(8-2)19-25(32-26(31)24-12-10-9-11-13-24)18-27(5,6)29(28)33-21(4)23-16-14-22(15-17-23)20(3)30/h9-17,21,25H,7-8,18-19H2,1-6H3. The molecule has 1 fully saturated rings. The molecule has 2 unspecified atom stereocenters. The number of ether oxygens (including phenoxy) is 1. The molecule has 2 atom stereocenters. The number of hydrogen-bond acceptors (Lipinski definition) is 5. The zero-order chi connectivity index (χ0) is 24.2. The van der Waals surface area contributed by atoms with Crippen LogP contribution in [0, 0.1) is 0 Å². The van der Waals surface area contributed by atoms with Gasteiger partial charge in [0, 0.05) is 29.5 Å². The maximum atomic E-state index is 12.7. The average molecular weight is 452 g/mol. The maximum absolute atomic E-state index is 12.7. The van der Waals surface area contributed by atoms with E-state index in [2.05, 4.69) is 32.8 Å². The van der Waals surface area contributed by atoms with Crippen LogP contribution >= 0.6 is 0 Å². The SMILES string of the molecule is CCC1(CC)CC(OC(=O)c2ccccc2)CC(C)(C)N1OC(C)c1ccc(C(C)=O)cc1. The van der Waals surface area contributed by atoms with E-state index < -0.39 is 0 Å². The van der Waals surface area contributed by atoms with Crippen molar-refractivity contribution in [3.8, 4) is 0 Å². The number of carbonyl (C=O) groups excluding carboxylic acids is 2. The summed E-state index contributed by atoms with van der Waals surface area (Å²) in [7, 11) is 0. The van der Waals surface area contributed by atoms with E-state index in [0.717, 1.165) is 24.8 Å². The average Bonchev–Trinajstić information content (AvgIpc) is 2.80. The minimum atomic E-state index is -0.334. The van der Waals surface area contributed by atoms with Crippen LogP contribution in [0.3, 0.4) is 0 Å². The van der Waals surface area contributed by atoms with Crippen molar-refractivity contribution in [2.45, 2.75) is 90.5 Å². The lowest BCUT2D eigenvalue weighted by Crippen LogP contribution is -2.64. The number of hydrogen-bond donors (Lipinski definition) is 0. The number of hydroxylamine groups is 2. The van der Waals surface area contributed by atoms with Gasteiger partial charge in [0.25, 0.3) is 0 Å². The van der Waals surface area contributed by atoms with Crippen molar-refractivity contribution in [1.29, 1.82) is 0 Å². The molecule has 1 aliphatic heterocycles. The molecular weight excluding hydrogens is 414 g/mol. The van der Waals surface area contributed by atoms with E-state index in [1.165, 1.54) is 0 Å². The second-order valence-corrected chi connectivity index (χ2v) is 9.77. The van der Waals surface area contributed by atoms with Gasteiger partial charge in [0.05, 0.1) is 5.56 Å². The monoisotopic (exact) mass is 451 g/mol. The number of nitrogens with zero attached hydrogens (tertiary/aromatic N) is 1. The van der Waals surface area contributed by atoms with E-state index in [9.17, 15) is 9.59 Å². The van der Waals surface area contributed by atoms with Crippen LogP contribution in [0.1, 0.15) is 99.6 Å². The van der Waals surface area contributed by atoms with E-state index in [0.29, 0.717) is 17.5 Å². The van der Waals surface area contributed by atoms with Crippen molar-refractivity contribution >= 4 is 11.8 Å². The highest BCUT2D eigenvalue weighted by molar-refractivity contribution is 5.94. The van der Waals surface area contributed by atoms with Crippen molar-refractivity contribution in [1.82, 2.24) is 5.06 Å². The first kappa shape index (κ1) is 25.1. The van der Waals surface area contributed by atoms with Gasteiger partial charge in [0.15, 0.2) is 5.78 Å². The molecule has 5 heteroatoms. The summed E-state index contributed by atoms with van der Waals surface area (Å²) >= 11 is 0. The van der Waals surface area contributed by atoms with Gasteiger partial charge in [0.2, 0.25) is 0 Å². The van der Waals surface area contributed by atoms with Crippen LogP contribution in [0.4, 0.5) is 0 Å². The molecule has 0 radical (unpaired) electrons. The summed E-state index contributed by atoms with van der Waals surface area (Å²) < 4.78 is 5.99. The van der Waals surface area contributed by atoms with E-state index >= 15 is 0 Å². The molecule has 2 aromatic rings. The van der Waals surface area contributed by atoms with Gasteiger partial charge in [-0.1, -0.05) is 56.3 Å². The highest BCUT2D eigenvalue weighted by Gasteiger charge is 2.51. The highest BCUT2D eigenvalue weighted by atomic mass is 16.7. The number of benzene rings is 2. The molecule has 33 heavy (non-hydrogen) atoms. The van der Waals surface area contributed by atoms with Crippen molar-refractivity contribution in [3.05, 3.63) is 71.3 Å². The Morgan fingerprint density at radius 1 is 0.970 bits per heavy atom. The first-order valence-electron chi connectivity index (χ1n) is 12.0. The number of esters is 1. The molecule has 3 rings (SSSR count). The molecule has 0 aromatic heterocycles. The Balaban J connectivity index is 1.80. The molecule has 1 aliphatic rings. The van der Waals surface area contributed by atoms with Crippen LogP contribution in [-0.4, -0.2) is 34.0 Å². The molecule has 0 spiro atoms. The molecule has 0 aliphatic carbocycles. The van der Waals surface area contributed by atoms with Crippen molar-refractivity contribution in [2.24, 2.45) is 0 Å². The normalized spacial score (nSPS) is 20.7. The topological polar surface area (TPSA) is 55.8 Å².